The van der Waals surface area contributed by atoms with Crippen LogP contribution in [0.3, 0.4) is 0 Å². The van der Waals surface area contributed by atoms with Gasteiger partial charge < -0.3 is 15.5 Å². The number of hydrogen-bond donors (Lipinski definition) is 2. The Kier molecular flexibility index (Phi) is 7.03. The van der Waals surface area contributed by atoms with E-state index in [1.807, 2.05) is 19.0 Å². The van der Waals surface area contributed by atoms with E-state index in [0.29, 0.717) is 6.54 Å². The van der Waals surface area contributed by atoms with E-state index >= 15 is 8.78 Å². The van der Waals surface area contributed by atoms with Crippen LogP contribution in [0.2, 0.25) is 5.15 Å². The average molecular weight is 478 g/mol. The molecule has 13 heteroatoms. The van der Waals surface area contributed by atoms with Crippen molar-refractivity contribution in [2.75, 3.05) is 37.8 Å². The Morgan fingerprint density at radius 3 is 2.41 bits per heavy atom. The van der Waals surface area contributed by atoms with Crippen molar-refractivity contribution >= 4 is 28.9 Å². The van der Waals surface area contributed by atoms with E-state index in [0.717, 1.165) is 42.9 Å². The van der Waals surface area contributed by atoms with Gasteiger partial charge in [-0.1, -0.05) is 11.6 Å². The molecule has 3 aromatic rings. The number of alkyl halides is 3. The van der Waals surface area contributed by atoms with Crippen molar-refractivity contribution in [3.05, 3.63) is 35.2 Å². The molecule has 0 aliphatic carbocycles. The fourth-order valence-corrected chi connectivity index (χ4v) is 3.26. The molecule has 2 N–H and O–H groups in total. The SMILES string of the molecule is C[C@@H](Nc1c(-c2c(F)cc(NCCCN(C)C)cc2F)c(Cl)nc2ncnn12)C(F)(F)F. The van der Waals surface area contributed by atoms with Gasteiger partial charge in [0, 0.05) is 12.2 Å². The number of nitrogens with one attached hydrogen (secondary N) is 2. The number of rotatable bonds is 8. The van der Waals surface area contributed by atoms with Gasteiger partial charge in [-0.25, -0.2) is 8.78 Å². The summed E-state index contributed by atoms with van der Waals surface area (Å²) in [5, 5.41) is 8.51. The molecular weight excluding hydrogens is 457 g/mol. The summed E-state index contributed by atoms with van der Waals surface area (Å²) in [5.41, 5.74) is -0.836. The second-order valence-electron chi connectivity index (χ2n) is 7.40. The summed E-state index contributed by atoms with van der Waals surface area (Å²) in [5.74, 6) is -2.56. The molecule has 2 aromatic heterocycles. The zero-order chi connectivity index (χ0) is 23.6. The largest absolute Gasteiger partial charge is 0.408 e. The van der Waals surface area contributed by atoms with E-state index in [4.69, 9.17) is 11.6 Å². The predicted molar refractivity (Wildman–Crippen MR) is 112 cm³/mol. The molecule has 32 heavy (non-hydrogen) atoms. The van der Waals surface area contributed by atoms with Crippen LogP contribution in [0.25, 0.3) is 16.9 Å². The first-order valence-corrected chi connectivity index (χ1v) is 9.97. The Morgan fingerprint density at radius 1 is 1.16 bits per heavy atom. The lowest BCUT2D eigenvalue weighted by Crippen LogP contribution is -2.34. The van der Waals surface area contributed by atoms with Gasteiger partial charge in [0.15, 0.2) is 0 Å². The maximum Gasteiger partial charge on any atom is 0.408 e. The molecule has 0 saturated heterocycles. The smallest absolute Gasteiger partial charge is 0.385 e. The second-order valence-corrected chi connectivity index (χ2v) is 7.76. The molecule has 0 spiro atoms. The van der Waals surface area contributed by atoms with E-state index in [9.17, 15) is 13.2 Å². The quantitative estimate of drug-likeness (QED) is 0.284. The first-order chi connectivity index (χ1) is 15.0. The van der Waals surface area contributed by atoms with Gasteiger partial charge in [0.25, 0.3) is 5.78 Å². The second kappa shape index (κ2) is 9.41. The molecule has 3 rings (SSSR count). The van der Waals surface area contributed by atoms with E-state index < -0.39 is 40.1 Å². The first kappa shape index (κ1) is 23.9. The van der Waals surface area contributed by atoms with Crippen LogP contribution in [-0.4, -0.2) is 63.9 Å². The van der Waals surface area contributed by atoms with Gasteiger partial charge in [-0.15, -0.1) is 0 Å². The Morgan fingerprint density at radius 2 is 1.81 bits per heavy atom. The van der Waals surface area contributed by atoms with Crippen LogP contribution in [0.5, 0.6) is 0 Å². The van der Waals surface area contributed by atoms with Crippen LogP contribution in [0, 0.1) is 11.6 Å². The van der Waals surface area contributed by atoms with Crippen LogP contribution in [-0.2, 0) is 0 Å². The zero-order valence-electron chi connectivity index (χ0n) is 17.4. The Hall–Kier alpha value is -2.73. The molecule has 0 unspecified atom stereocenters. The van der Waals surface area contributed by atoms with Crippen LogP contribution in [0.1, 0.15) is 13.3 Å². The first-order valence-electron chi connectivity index (χ1n) is 9.59. The minimum absolute atomic E-state index is 0.129. The summed E-state index contributed by atoms with van der Waals surface area (Å²) in [6, 6.07) is 0.0238. The third kappa shape index (κ3) is 5.18. The number of anilines is 2. The number of hydrogen-bond acceptors (Lipinski definition) is 6. The monoisotopic (exact) mass is 477 g/mol. The van der Waals surface area contributed by atoms with Crippen molar-refractivity contribution in [1.82, 2.24) is 24.5 Å². The molecule has 174 valence electrons. The number of fused-ring (bicyclic) bond motifs is 1. The molecule has 0 bridgehead atoms. The summed E-state index contributed by atoms with van der Waals surface area (Å²) >= 11 is 6.15. The lowest BCUT2D eigenvalue weighted by molar-refractivity contribution is -0.138. The molecule has 2 heterocycles. The van der Waals surface area contributed by atoms with Crippen molar-refractivity contribution < 1.29 is 22.0 Å². The Bertz CT molecular complexity index is 1080. The third-order valence-electron chi connectivity index (χ3n) is 4.63. The predicted octanol–water partition coefficient (Wildman–Crippen LogP) is 4.45. The van der Waals surface area contributed by atoms with Crippen molar-refractivity contribution in [1.29, 1.82) is 0 Å². The topological polar surface area (TPSA) is 70.4 Å². The molecule has 7 nitrogen and oxygen atoms in total. The molecule has 0 aliphatic rings. The van der Waals surface area contributed by atoms with Gasteiger partial charge in [0.1, 0.15) is 35.0 Å². The third-order valence-corrected chi connectivity index (χ3v) is 4.90. The van der Waals surface area contributed by atoms with Crippen molar-refractivity contribution in [3.8, 4) is 11.1 Å². The highest BCUT2D eigenvalue weighted by atomic mass is 35.5. The van der Waals surface area contributed by atoms with Crippen LogP contribution >= 0.6 is 11.6 Å². The molecular formula is C19H21ClF5N7. The van der Waals surface area contributed by atoms with Gasteiger partial charge in [0.2, 0.25) is 0 Å². The lowest BCUT2D eigenvalue weighted by Gasteiger charge is -2.22. The highest BCUT2D eigenvalue weighted by Gasteiger charge is 2.37. The minimum Gasteiger partial charge on any atom is -0.385 e. The molecule has 1 aromatic carbocycles. The molecule has 0 aliphatic heterocycles. The summed E-state index contributed by atoms with van der Waals surface area (Å²) in [4.78, 5) is 9.67. The van der Waals surface area contributed by atoms with Gasteiger partial charge in [-0.3, -0.25) is 0 Å². The minimum atomic E-state index is -4.64. The zero-order valence-corrected chi connectivity index (χ0v) is 18.2. The maximum atomic E-state index is 15.0. The normalized spacial score (nSPS) is 13.1. The van der Waals surface area contributed by atoms with E-state index in [1.54, 1.807) is 0 Å². The van der Waals surface area contributed by atoms with E-state index in [-0.39, 0.29) is 17.3 Å². The molecule has 0 fully saturated rings. The van der Waals surface area contributed by atoms with E-state index in [2.05, 4.69) is 25.7 Å². The number of benzene rings is 1. The van der Waals surface area contributed by atoms with Gasteiger partial charge in [0.05, 0.1) is 11.1 Å². The summed E-state index contributed by atoms with van der Waals surface area (Å²) in [6.07, 6.45) is -2.86. The molecule has 0 radical (unpaired) electrons. The van der Waals surface area contributed by atoms with Crippen molar-refractivity contribution in [3.63, 3.8) is 0 Å². The highest BCUT2D eigenvalue weighted by Crippen LogP contribution is 2.39. The van der Waals surface area contributed by atoms with Gasteiger partial charge in [-0.05, 0) is 46.1 Å². The standard InChI is InChI=1S/C19H21ClF5N7/c1-10(19(23,24)25)29-17-15(16(20)30-18-27-9-28-32(17)18)14-12(21)7-11(8-13(14)22)26-5-4-6-31(2)3/h7-10,26,29H,4-6H2,1-3H3/t10-/m1/s1. The van der Waals surface area contributed by atoms with Crippen LogP contribution < -0.4 is 10.6 Å². The van der Waals surface area contributed by atoms with Crippen LogP contribution in [0.4, 0.5) is 33.5 Å². The maximum absolute atomic E-state index is 15.0. The molecule has 1 atom stereocenters. The summed E-state index contributed by atoms with van der Waals surface area (Å²) in [6.45, 7) is 2.11. The number of aromatic nitrogens is 4. The number of halogens is 6. The molecule has 0 amide bonds. The van der Waals surface area contributed by atoms with Crippen molar-refractivity contribution in [2.24, 2.45) is 0 Å². The van der Waals surface area contributed by atoms with E-state index in [1.165, 1.54) is 0 Å². The Balaban J connectivity index is 2.05. The Labute approximate surface area is 185 Å². The summed E-state index contributed by atoms with van der Waals surface area (Å²) in [7, 11) is 3.81. The lowest BCUT2D eigenvalue weighted by atomic mass is 10.0. The summed E-state index contributed by atoms with van der Waals surface area (Å²) < 4.78 is 70.5. The fraction of sp³-hybridized carbons (Fsp3) is 0.421. The van der Waals surface area contributed by atoms with Gasteiger partial charge >= 0.3 is 6.18 Å². The van der Waals surface area contributed by atoms with Crippen LogP contribution in [0.15, 0.2) is 18.5 Å². The number of nitrogens with zero attached hydrogens (tertiary/aromatic N) is 5. The average Bonchev–Trinajstić information content (AvgIpc) is 3.13. The fourth-order valence-electron chi connectivity index (χ4n) is 3.00. The highest BCUT2D eigenvalue weighted by molar-refractivity contribution is 6.33. The van der Waals surface area contributed by atoms with Crippen molar-refractivity contribution in [2.45, 2.75) is 25.6 Å². The molecule has 0 saturated carbocycles. The van der Waals surface area contributed by atoms with Gasteiger partial charge in [-0.2, -0.15) is 32.8 Å².